The third-order valence-corrected chi connectivity index (χ3v) is 1.49. The van der Waals surface area contributed by atoms with E-state index in [1.807, 2.05) is 0 Å². The normalized spacial score (nSPS) is 9.56. The smallest absolute Gasteiger partial charge is 0 e. The van der Waals surface area contributed by atoms with Crippen molar-refractivity contribution in [1.82, 2.24) is 0 Å². The molecule has 0 aliphatic carbocycles. The Bertz CT molecular complexity index is 199. The van der Waals surface area contributed by atoms with Crippen LogP contribution >= 0.6 is 0 Å². The molecule has 0 atom stereocenters. The van der Waals surface area contributed by atoms with Crippen LogP contribution in [0.25, 0.3) is 0 Å². The molecule has 0 saturated carbocycles. The van der Waals surface area contributed by atoms with Crippen LogP contribution in [-0.4, -0.2) is 0 Å². The molecule has 0 bridgehead atoms. The highest BCUT2D eigenvalue weighted by molar-refractivity contribution is 5.21. The predicted octanol–water partition coefficient (Wildman–Crippen LogP) is 3.30. The quantitative estimate of drug-likeness (QED) is 0.541. The van der Waals surface area contributed by atoms with E-state index in [1.165, 1.54) is 11.1 Å². The van der Waals surface area contributed by atoms with Crippen LogP contribution in [0.15, 0.2) is 24.3 Å². The molecular weight excluding hydrogens is 108 g/mol. The average Bonchev–Trinajstić information content (AvgIpc) is 1.88. The van der Waals surface area contributed by atoms with E-state index in [1.54, 1.807) is 0 Å². The zero-order valence-corrected chi connectivity index (χ0v) is 6.02. The van der Waals surface area contributed by atoms with Crippen LogP contribution in [0.3, 0.4) is 0 Å². The third-order valence-electron chi connectivity index (χ3n) is 1.49. The first-order valence-electron chi connectivity index (χ1n) is 3.38. The van der Waals surface area contributed by atoms with Gasteiger partial charge in [0, 0.05) is 4.28 Å². The van der Waals surface area contributed by atoms with E-state index in [2.05, 4.69) is 38.1 Å². The lowest BCUT2D eigenvalue weighted by Crippen LogP contribution is -1.78. The van der Waals surface area contributed by atoms with Gasteiger partial charge in [-0.15, -0.1) is 0 Å². The van der Waals surface area contributed by atoms with Gasteiger partial charge in [0.2, 0.25) is 0 Å². The molecule has 0 nitrogen and oxygen atoms in total. The highest BCUT2D eigenvalue weighted by atomic mass is 13.9. The molecule has 0 N–H and O–H groups in total. The summed E-state index contributed by atoms with van der Waals surface area (Å²) in [5, 5.41) is 0. The van der Waals surface area contributed by atoms with Crippen molar-refractivity contribution in [2.24, 2.45) is 0 Å². The second-order valence-electron chi connectivity index (χ2n) is 2.34. The van der Waals surface area contributed by atoms with Gasteiger partial charge in [-0.3, -0.25) is 0 Å². The Morgan fingerprint density at radius 3 is 2.67 bits per heavy atom. The van der Waals surface area contributed by atoms with E-state index in [9.17, 15) is 0 Å². The fourth-order valence-electron chi connectivity index (χ4n) is 0.932. The van der Waals surface area contributed by atoms with Crippen molar-refractivity contribution in [2.45, 2.75) is 20.3 Å². The van der Waals surface area contributed by atoms with Crippen LogP contribution in [0.1, 0.15) is 22.3 Å². The van der Waals surface area contributed by atoms with Crippen molar-refractivity contribution >= 4 is 0 Å². The summed E-state index contributed by atoms with van der Waals surface area (Å²) in [6, 6.07) is 8.61. The average molecular weight is 126 g/mol. The molecule has 0 aliphatic rings. The minimum Gasteiger partial charge on any atom is -0.0617 e. The van der Waals surface area contributed by atoms with Crippen molar-refractivity contribution in [3.8, 4) is 0 Å². The number of rotatable bonds is 1. The van der Waals surface area contributed by atoms with Gasteiger partial charge in [0.25, 0.3) is 0 Å². The summed E-state index contributed by atoms with van der Waals surface area (Å²) >= 11 is 0. The van der Waals surface area contributed by atoms with E-state index in [0.717, 1.165) is 6.42 Å². The SMILES string of the molecule is CCc1cccc(C)c1.[HH].[HH].[HH]. The summed E-state index contributed by atoms with van der Waals surface area (Å²) in [5.74, 6) is 0. The minimum atomic E-state index is 0. The molecule has 0 spiro atoms. The molecule has 54 valence electrons. The Morgan fingerprint density at radius 2 is 2.22 bits per heavy atom. The van der Waals surface area contributed by atoms with Crippen LogP contribution in [0.2, 0.25) is 0 Å². The first kappa shape index (κ1) is 6.34. The summed E-state index contributed by atoms with van der Waals surface area (Å²) in [5.41, 5.74) is 2.78. The molecule has 1 aromatic carbocycles. The molecule has 1 aromatic rings. The third kappa shape index (κ3) is 1.56. The van der Waals surface area contributed by atoms with Crippen LogP contribution < -0.4 is 0 Å². The summed E-state index contributed by atoms with van der Waals surface area (Å²) in [7, 11) is 0. The molecule has 0 heterocycles. The predicted molar refractivity (Wildman–Crippen MR) is 46.9 cm³/mol. The lowest BCUT2D eigenvalue weighted by Gasteiger charge is -1.95. The second kappa shape index (κ2) is 2.67. The van der Waals surface area contributed by atoms with Crippen LogP contribution in [0.5, 0.6) is 0 Å². The van der Waals surface area contributed by atoms with Crippen LogP contribution in [-0.2, 0) is 6.42 Å². The molecule has 0 fully saturated rings. The van der Waals surface area contributed by atoms with Crippen molar-refractivity contribution in [3.63, 3.8) is 0 Å². The summed E-state index contributed by atoms with van der Waals surface area (Å²) < 4.78 is 0. The Kier molecular flexibility index (Phi) is 1.88. The highest BCUT2D eigenvalue weighted by Gasteiger charge is 1.85. The van der Waals surface area contributed by atoms with Crippen molar-refractivity contribution in [3.05, 3.63) is 35.4 Å². The van der Waals surface area contributed by atoms with Gasteiger partial charge in [-0.2, -0.15) is 0 Å². The lowest BCUT2D eigenvalue weighted by atomic mass is 10.1. The maximum Gasteiger partial charge on any atom is 0 e. The Balaban J connectivity index is -0.000000270. The molecular formula is C9H18. The van der Waals surface area contributed by atoms with Gasteiger partial charge in [-0.1, -0.05) is 36.8 Å². The molecule has 0 aromatic heterocycles. The maximum atomic E-state index is 2.22. The largest absolute Gasteiger partial charge is 0.0617 e. The number of hydrogen-bond acceptors (Lipinski definition) is 0. The number of hydrogen-bond donors (Lipinski definition) is 0. The van der Waals surface area contributed by atoms with E-state index < -0.39 is 0 Å². The molecule has 0 amide bonds. The molecule has 0 radical (unpaired) electrons. The standard InChI is InChI=1S/C9H12.3H2/c1-3-9-6-4-5-8(2)7-9;;;/h4-7H,3H2,1-2H3;3*1H. The monoisotopic (exact) mass is 126 g/mol. The molecule has 0 heteroatoms. The minimum absolute atomic E-state index is 0. The van der Waals surface area contributed by atoms with Gasteiger partial charge in [0.15, 0.2) is 0 Å². The zero-order chi connectivity index (χ0) is 6.69. The molecule has 9 heavy (non-hydrogen) atoms. The fourth-order valence-corrected chi connectivity index (χ4v) is 0.932. The Labute approximate surface area is 61.0 Å². The maximum absolute atomic E-state index is 2.22. The van der Waals surface area contributed by atoms with Crippen molar-refractivity contribution in [1.29, 1.82) is 0 Å². The molecule has 0 aliphatic heterocycles. The van der Waals surface area contributed by atoms with Crippen molar-refractivity contribution in [2.75, 3.05) is 0 Å². The van der Waals surface area contributed by atoms with E-state index in [-0.39, 0.29) is 4.28 Å². The fraction of sp³-hybridized carbons (Fsp3) is 0.333. The zero-order valence-electron chi connectivity index (χ0n) is 6.02. The molecule has 1 rings (SSSR count). The van der Waals surface area contributed by atoms with Gasteiger partial charge in [-0.25, -0.2) is 0 Å². The molecule has 0 saturated heterocycles. The Morgan fingerprint density at radius 1 is 1.44 bits per heavy atom. The van der Waals surface area contributed by atoms with Gasteiger partial charge in [0.1, 0.15) is 0 Å². The molecule has 0 unspecified atom stereocenters. The van der Waals surface area contributed by atoms with Gasteiger partial charge < -0.3 is 0 Å². The first-order valence-corrected chi connectivity index (χ1v) is 3.38. The topological polar surface area (TPSA) is 0 Å². The number of benzene rings is 1. The first-order chi connectivity index (χ1) is 4.33. The van der Waals surface area contributed by atoms with E-state index >= 15 is 0 Å². The Hall–Kier alpha value is -0.780. The summed E-state index contributed by atoms with van der Waals surface area (Å²) in [6.45, 7) is 4.30. The van der Waals surface area contributed by atoms with Gasteiger partial charge in [-0.05, 0) is 18.9 Å². The summed E-state index contributed by atoms with van der Waals surface area (Å²) in [4.78, 5) is 0. The van der Waals surface area contributed by atoms with Gasteiger partial charge in [0.05, 0.1) is 0 Å². The second-order valence-corrected chi connectivity index (χ2v) is 2.34. The highest BCUT2D eigenvalue weighted by Crippen LogP contribution is 2.03. The van der Waals surface area contributed by atoms with Crippen LogP contribution in [0.4, 0.5) is 0 Å². The number of aryl methyl sites for hydroxylation is 2. The van der Waals surface area contributed by atoms with Gasteiger partial charge >= 0.3 is 0 Å². The van der Waals surface area contributed by atoms with Crippen LogP contribution in [0, 0.1) is 6.92 Å². The lowest BCUT2D eigenvalue weighted by molar-refractivity contribution is 1.13. The van der Waals surface area contributed by atoms with Crippen molar-refractivity contribution < 1.29 is 4.28 Å². The van der Waals surface area contributed by atoms with E-state index in [0.29, 0.717) is 0 Å². The van der Waals surface area contributed by atoms with E-state index in [4.69, 9.17) is 0 Å². The summed E-state index contributed by atoms with van der Waals surface area (Å²) in [6.07, 6.45) is 1.14.